The number of nitrogen functional groups attached to an aromatic ring is 1. The molecule has 3 N–H and O–H groups in total. The molecule has 0 aromatic heterocycles. The van der Waals surface area contributed by atoms with Crippen molar-refractivity contribution in [2.24, 2.45) is 0 Å². The topological polar surface area (TPSA) is 64.3 Å². The van der Waals surface area contributed by atoms with Crippen LogP contribution in [0.3, 0.4) is 0 Å². The minimum absolute atomic E-state index is 0.305. The summed E-state index contributed by atoms with van der Waals surface area (Å²) in [4.78, 5) is 11.1. The molecule has 0 heterocycles. The molecule has 0 saturated carbocycles. The summed E-state index contributed by atoms with van der Waals surface area (Å²) >= 11 is 5.85. The molecule has 0 amide bonds. The Morgan fingerprint density at radius 3 is 2.94 bits per heavy atom. The minimum atomic E-state index is -0.372. The van der Waals surface area contributed by atoms with E-state index in [0.29, 0.717) is 17.3 Å². The highest BCUT2D eigenvalue weighted by Crippen LogP contribution is 2.17. The molecule has 0 bridgehead atoms. The Labute approximate surface area is 99.7 Å². The van der Waals surface area contributed by atoms with Crippen molar-refractivity contribution in [2.45, 2.75) is 19.5 Å². The van der Waals surface area contributed by atoms with E-state index < -0.39 is 0 Å². The van der Waals surface area contributed by atoms with Gasteiger partial charge >= 0.3 is 5.97 Å². The van der Waals surface area contributed by atoms with Gasteiger partial charge in [-0.1, -0.05) is 11.6 Å². The third-order valence-corrected chi connectivity index (χ3v) is 2.49. The molecule has 0 spiro atoms. The zero-order valence-electron chi connectivity index (χ0n) is 9.29. The number of anilines is 1. The molecular weight excluding hydrogens is 228 g/mol. The second-order valence-electron chi connectivity index (χ2n) is 3.47. The van der Waals surface area contributed by atoms with Crippen LogP contribution in [0.4, 0.5) is 5.69 Å². The Morgan fingerprint density at radius 2 is 2.31 bits per heavy atom. The average molecular weight is 243 g/mol. The van der Waals surface area contributed by atoms with Gasteiger partial charge in [0.2, 0.25) is 0 Å². The highest BCUT2D eigenvalue weighted by Gasteiger charge is 2.12. The summed E-state index contributed by atoms with van der Waals surface area (Å²) in [6, 6.07) is 4.86. The molecule has 0 saturated heterocycles. The number of benzene rings is 1. The molecule has 1 rings (SSSR count). The van der Waals surface area contributed by atoms with Crippen molar-refractivity contribution in [3.63, 3.8) is 0 Å². The lowest BCUT2D eigenvalue weighted by molar-refractivity contribution is -0.142. The fourth-order valence-electron chi connectivity index (χ4n) is 1.25. The third kappa shape index (κ3) is 3.40. The lowest BCUT2D eigenvalue weighted by atomic mass is 10.1. The summed E-state index contributed by atoms with van der Waals surface area (Å²) < 4.78 is 4.60. The molecule has 0 fully saturated rings. The lowest BCUT2D eigenvalue weighted by Gasteiger charge is -2.12. The Balaban J connectivity index is 2.60. The smallest absolute Gasteiger partial charge is 0.322 e. The van der Waals surface area contributed by atoms with Crippen LogP contribution in [0.25, 0.3) is 0 Å². The van der Waals surface area contributed by atoms with Gasteiger partial charge in [0.15, 0.2) is 0 Å². The van der Waals surface area contributed by atoms with Crippen LogP contribution in [-0.2, 0) is 16.1 Å². The van der Waals surface area contributed by atoms with E-state index in [2.05, 4.69) is 10.1 Å². The van der Waals surface area contributed by atoms with Gasteiger partial charge in [-0.25, -0.2) is 0 Å². The molecule has 0 aliphatic heterocycles. The number of hydrogen-bond acceptors (Lipinski definition) is 4. The van der Waals surface area contributed by atoms with Gasteiger partial charge in [0, 0.05) is 17.3 Å². The Bertz CT molecular complexity index is 382. The number of nitrogens with one attached hydrogen (secondary N) is 1. The number of hydrogen-bond donors (Lipinski definition) is 2. The van der Waals surface area contributed by atoms with E-state index in [1.165, 1.54) is 7.11 Å². The van der Waals surface area contributed by atoms with E-state index in [4.69, 9.17) is 17.3 Å². The molecule has 1 aromatic rings. The molecule has 88 valence electrons. The summed E-state index contributed by atoms with van der Waals surface area (Å²) in [6.07, 6.45) is 0. The molecule has 16 heavy (non-hydrogen) atoms. The molecule has 5 heteroatoms. The first kappa shape index (κ1) is 12.8. The maximum absolute atomic E-state index is 11.1. The number of carbonyl (C=O) groups is 1. The van der Waals surface area contributed by atoms with Gasteiger partial charge in [-0.15, -0.1) is 0 Å². The van der Waals surface area contributed by atoms with E-state index in [0.717, 1.165) is 5.56 Å². The third-order valence-electron chi connectivity index (χ3n) is 2.26. The maximum atomic E-state index is 11.1. The summed E-state index contributed by atoms with van der Waals surface area (Å²) in [5.74, 6) is -0.305. The average Bonchev–Trinajstić information content (AvgIpc) is 2.28. The van der Waals surface area contributed by atoms with Gasteiger partial charge in [-0.3, -0.25) is 4.79 Å². The van der Waals surface area contributed by atoms with Gasteiger partial charge in [-0.2, -0.15) is 0 Å². The van der Waals surface area contributed by atoms with Crippen LogP contribution < -0.4 is 11.1 Å². The van der Waals surface area contributed by atoms with Crippen LogP contribution in [0.1, 0.15) is 12.5 Å². The quantitative estimate of drug-likeness (QED) is 0.622. The molecule has 1 aromatic carbocycles. The van der Waals surface area contributed by atoms with E-state index in [-0.39, 0.29) is 12.0 Å². The van der Waals surface area contributed by atoms with Crippen LogP contribution in [-0.4, -0.2) is 19.1 Å². The second kappa shape index (κ2) is 5.72. The van der Waals surface area contributed by atoms with Crippen molar-refractivity contribution >= 4 is 23.3 Å². The highest BCUT2D eigenvalue weighted by molar-refractivity contribution is 6.30. The van der Waals surface area contributed by atoms with Crippen LogP contribution in [0.2, 0.25) is 5.02 Å². The molecule has 1 unspecified atom stereocenters. The number of methoxy groups -OCH3 is 1. The predicted molar refractivity (Wildman–Crippen MR) is 64.2 cm³/mol. The monoisotopic (exact) mass is 242 g/mol. The number of halogens is 1. The fourth-order valence-corrected chi connectivity index (χ4v) is 1.45. The number of rotatable bonds is 4. The lowest BCUT2D eigenvalue weighted by Crippen LogP contribution is -2.34. The Morgan fingerprint density at radius 1 is 1.62 bits per heavy atom. The maximum Gasteiger partial charge on any atom is 0.322 e. The normalized spacial score (nSPS) is 12.2. The van der Waals surface area contributed by atoms with Crippen LogP contribution in [0.5, 0.6) is 0 Å². The zero-order chi connectivity index (χ0) is 12.1. The van der Waals surface area contributed by atoms with Crippen molar-refractivity contribution in [1.82, 2.24) is 5.32 Å². The summed E-state index contributed by atoms with van der Waals surface area (Å²) in [6.45, 7) is 2.20. The van der Waals surface area contributed by atoms with Crippen LogP contribution >= 0.6 is 11.6 Å². The number of carbonyl (C=O) groups excluding carboxylic acids is 1. The summed E-state index contributed by atoms with van der Waals surface area (Å²) in [7, 11) is 1.36. The first-order valence-corrected chi connectivity index (χ1v) is 5.27. The number of nitrogens with two attached hydrogens (primary N) is 1. The van der Waals surface area contributed by atoms with E-state index in [9.17, 15) is 4.79 Å². The summed E-state index contributed by atoms with van der Waals surface area (Å²) in [5.41, 5.74) is 7.28. The largest absolute Gasteiger partial charge is 0.468 e. The molecule has 0 aliphatic rings. The van der Waals surface area contributed by atoms with Crippen molar-refractivity contribution in [3.8, 4) is 0 Å². The van der Waals surface area contributed by atoms with Gasteiger partial charge in [-0.05, 0) is 30.7 Å². The van der Waals surface area contributed by atoms with Crippen LogP contribution in [0, 0.1) is 0 Å². The van der Waals surface area contributed by atoms with Crippen molar-refractivity contribution < 1.29 is 9.53 Å². The van der Waals surface area contributed by atoms with Crippen molar-refractivity contribution in [1.29, 1.82) is 0 Å². The minimum Gasteiger partial charge on any atom is -0.468 e. The molecule has 4 nitrogen and oxygen atoms in total. The fraction of sp³-hybridized carbons (Fsp3) is 0.364. The standard InChI is InChI=1S/C11H15ClN2O2/c1-7(11(15)16-2)14-6-8-5-9(12)3-4-10(8)13/h3-5,7,14H,6,13H2,1-2H3. The zero-order valence-corrected chi connectivity index (χ0v) is 10.0. The molecule has 1 atom stereocenters. The van der Waals surface area contributed by atoms with E-state index in [1.807, 2.05) is 0 Å². The molecule has 0 radical (unpaired) electrons. The van der Waals surface area contributed by atoms with E-state index >= 15 is 0 Å². The predicted octanol–water partition coefficient (Wildman–Crippen LogP) is 1.57. The van der Waals surface area contributed by atoms with Crippen molar-refractivity contribution in [2.75, 3.05) is 12.8 Å². The van der Waals surface area contributed by atoms with Gasteiger partial charge in [0.1, 0.15) is 6.04 Å². The Hall–Kier alpha value is -1.26. The number of esters is 1. The SMILES string of the molecule is COC(=O)C(C)NCc1cc(Cl)ccc1N. The Kier molecular flexibility index (Phi) is 4.58. The first-order chi connectivity index (χ1) is 7.54. The van der Waals surface area contributed by atoms with E-state index in [1.54, 1.807) is 25.1 Å². The van der Waals surface area contributed by atoms with Gasteiger partial charge in [0.25, 0.3) is 0 Å². The van der Waals surface area contributed by atoms with Crippen molar-refractivity contribution in [3.05, 3.63) is 28.8 Å². The number of ether oxygens (including phenoxy) is 1. The second-order valence-corrected chi connectivity index (χ2v) is 3.91. The summed E-state index contributed by atoms with van der Waals surface area (Å²) in [5, 5.41) is 3.63. The highest BCUT2D eigenvalue weighted by atomic mass is 35.5. The van der Waals surface area contributed by atoms with Gasteiger partial charge < -0.3 is 15.8 Å². The first-order valence-electron chi connectivity index (χ1n) is 4.89. The molecule has 0 aliphatic carbocycles. The van der Waals surface area contributed by atoms with Crippen LogP contribution in [0.15, 0.2) is 18.2 Å². The molecular formula is C11H15ClN2O2. The van der Waals surface area contributed by atoms with Gasteiger partial charge in [0.05, 0.1) is 7.11 Å².